The van der Waals surface area contributed by atoms with Gasteiger partial charge in [0.15, 0.2) is 0 Å². The van der Waals surface area contributed by atoms with E-state index in [1.165, 1.54) is 5.56 Å². The van der Waals surface area contributed by atoms with Crippen LogP contribution >= 0.6 is 0 Å². The average Bonchev–Trinajstić information content (AvgIpc) is 3.35. The van der Waals surface area contributed by atoms with Crippen molar-refractivity contribution in [2.45, 2.75) is 46.6 Å². The van der Waals surface area contributed by atoms with Crippen LogP contribution in [0.25, 0.3) is 0 Å². The van der Waals surface area contributed by atoms with Gasteiger partial charge in [-0.3, -0.25) is 9.88 Å². The van der Waals surface area contributed by atoms with E-state index in [0.29, 0.717) is 0 Å². The van der Waals surface area contributed by atoms with Crippen LogP contribution in [0.5, 0.6) is 0 Å². The van der Waals surface area contributed by atoms with Crippen molar-refractivity contribution in [2.75, 3.05) is 55.9 Å². The summed E-state index contributed by atoms with van der Waals surface area (Å²) in [6, 6.07) is 9.48. The van der Waals surface area contributed by atoms with Crippen LogP contribution in [-0.4, -0.2) is 55.9 Å². The van der Waals surface area contributed by atoms with Crippen molar-refractivity contribution in [3.05, 3.63) is 53.6 Å². The maximum absolute atomic E-state index is 13.9. The predicted molar refractivity (Wildman–Crippen MR) is 129 cm³/mol. The smallest absolute Gasteiger partial charge is 0.125 e. The highest BCUT2D eigenvalue weighted by Gasteiger charge is 2.46. The van der Waals surface area contributed by atoms with Gasteiger partial charge in [-0.05, 0) is 77.4 Å². The highest BCUT2D eigenvalue weighted by Crippen LogP contribution is 2.43. The molecule has 1 aromatic carbocycles. The molecule has 1 saturated heterocycles. The maximum atomic E-state index is 13.9. The topological polar surface area (TPSA) is 31.8 Å². The minimum Gasteiger partial charge on any atom is -0.381 e. The molecular weight excluding hydrogens is 403 g/mol. The first-order valence-corrected chi connectivity index (χ1v) is 11.8. The summed E-state index contributed by atoms with van der Waals surface area (Å²) in [7, 11) is 0. The zero-order valence-electron chi connectivity index (χ0n) is 20.2. The molecule has 1 fully saturated rings. The Morgan fingerprint density at radius 1 is 1.12 bits per heavy atom. The third-order valence-corrected chi connectivity index (χ3v) is 7.33. The molecule has 1 atom stereocenters. The molecule has 5 nitrogen and oxygen atoms in total. The summed E-state index contributed by atoms with van der Waals surface area (Å²) in [5.41, 5.74) is 4.34. The molecule has 0 amide bonds. The Morgan fingerprint density at radius 3 is 2.62 bits per heavy atom. The number of aromatic nitrogens is 1. The fraction of sp³-hybridized carbons (Fsp3) is 0.577. The van der Waals surface area contributed by atoms with E-state index in [2.05, 4.69) is 59.5 Å². The minimum atomic E-state index is -0.173. The van der Waals surface area contributed by atoms with E-state index in [-0.39, 0.29) is 16.8 Å². The molecule has 174 valence electrons. The van der Waals surface area contributed by atoms with E-state index in [4.69, 9.17) is 4.74 Å². The Bertz CT molecular complexity index is 932. The zero-order chi connectivity index (χ0) is 22.9. The fourth-order valence-electron chi connectivity index (χ4n) is 5.22. The largest absolute Gasteiger partial charge is 0.381 e. The SMILES string of the molecule is CCOC[C@@]1(CN2CN(CC)c3cc(F)ccc32)CCN(C(C)(C)c2ccc(C)nc2)C1. The Kier molecular flexibility index (Phi) is 6.46. The second-order valence-electron chi connectivity index (χ2n) is 9.88. The molecule has 0 radical (unpaired) electrons. The Morgan fingerprint density at radius 2 is 1.94 bits per heavy atom. The van der Waals surface area contributed by atoms with Gasteiger partial charge in [0.1, 0.15) is 5.82 Å². The molecule has 0 spiro atoms. The van der Waals surface area contributed by atoms with Gasteiger partial charge in [-0.1, -0.05) is 6.07 Å². The molecule has 3 heterocycles. The summed E-state index contributed by atoms with van der Waals surface area (Å²) in [6.45, 7) is 16.8. The first-order valence-electron chi connectivity index (χ1n) is 11.8. The molecular formula is C26H37FN4O. The van der Waals surface area contributed by atoms with Crippen molar-refractivity contribution in [1.82, 2.24) is 9.88 Å². The van der Waals surface area contributed by atoms with Crippen molar-refractivity contribution in [3.8, 4) is 0 Å². The van der Waals surface area contributed by atoms with Gasteiger partial charge in [-0.15, -0.1) is 0 Å². The van der Waals surface area contributed by atoms with Crippen LogP contribution in [0.15, 0.2) is 36.5 Å². The number of nitrogens with zero attached hydrogens (tertiary/aromatic N) is 4. The van der Waals surface area contributed by atoms with E-state index in [1.807, 2.05) is 19.2 Å². The molecule has 0 unspecified atom stereocenters. The number of pyridine rings is 1. The average molecular weight is 441 g/mol. The summed E-state index contributed by atoms with van der Waals surface area (Å²) in [4.78, 5) is 11.8. The Labute approximate surface area is 192 Å². The molecule has 0 bridgehead atoms. The second kappa shape index (κ2) is 8.99. The van der Waals surface area contributed by atoms with E-state index >= 15 is 0 Å². The van der Waals surface area contributed by atoms with Crippen molar-refractivity contribution < 1.29 is 9.13 Å². The first-order chi connectivity index (χ1) is 15.3. The number of aryl methyl sites for hydroxylation is 1. The van der Waals surface area contributed by atoms with Crippen molar-refractivity contribution in [3.63, 3.8) is 0 Å². The third-order valence-electron chi connectivity index (χ3n) is 7.33. The summed E-state index contributed by atoms with van der Waals surface area (Å²) in [5, 5.41) is 0. The van der Waals surface area contributed by atoms with Crippen LogP contribution in [0.3, 0.4) is 0 Å². The molecule has 0 saturated carbocycles. The van der Waals surface area contributed by atoms with Gasteiger partial charge in [-0.2, -0.15) is 0 Å². The lowest BCUT2D eigenvalue weighted by molar-refractivity contribution is 0.0469. The molecule has 6 heteroatoms. The summed E-state index contributed by atoms with van der Waals surface area (Å²) < 4.78 is 20.0. The molecule has 2 aliphatic heterocycles. The quantitative estimate of drug-likeness (QED) is 0.589. The lowest BCUT2D eigenvalue weighted by atomic mass is 9.86. The van der Waals surface area contributed by atoms with Crippen LogP contribution in [0, 0.1) is 18.2 Å². The molecule has 32 heavy (non-hydrogen) atoms. The normalized spacial score (nSPS) is 21.4. The lowest BCUT2D eigenvalue weighted by Crippen LogP contribution is -2.47. The van der Waals surface area contributed by atoms with E-state index in [9.17, 15) is 4.39 Å². The zero-order valence-corrected chi connectivity index (χ0v) is 20.2. The lowest BCUT2D eigenvalue weighted by Gasteiger charge is -2.39. The maximum Gasteiger partial charge on any atom is 0.125 e. The standard InChI is InChI=1S/C26H37FN4O/c1-6-29-19-30(23-11-10-22(27)14-24(23)29)16-26(18-32-7-2)12-13-31(17-26)25(4,5)21-9-8-20(3)28-15-21/h8-11,14-15H,6-7,12-13,16-19H2,1-5H3/t26-/m1/s1. The number of likely N-dealkylation sites (tertiary alicyclic amines) is 1. The highest BCUT2D eigenvalue weighted by molar-refractivity contribution is 5.76. The third kappa shape index (κ3) is 4.35. The Hall–Kier alpha value is -2.18. The van der Waals surface area contributed by atoms with Crippen LogP contribution < -0.4 is 9.80 Å². The van der Waals surface area contributed by atoms with Gasteiger partial charge in [-0.25, -0.2) is 4.39 Å². The number of fused-ring (bicyclic) bond motifs is 1. The molecule has 4 rings (SSSR count). The highest BCUT2D eigenvalue weighted by atomic mass is 19.1. The van der Waals surface area contributed by atoms with E-state index in [0.717, 1.165) is 69.6 Å². The number of anilines is 2. The Balaban J connectivity index is 1.57. The van der Waals surface area contributed by atoms with E-state index < -0.39 is 0 Å². The predicted octanol–water partition coefficient (Wildman–Crippen LogP) is 4.80. The van der Waals surface area contributed by atoms with Crippen LogP contribution in [-0.2, 0) is 10.3 Å². The number of rotatable bonds is 8. The monoisotopic (exact) mass is 440 g/mol. The molecule has 0 aliphatic carbocycles. The number of benzene rings is 1. The van der Waals surface area contributed by atoms with E-state index in [1.54, 1.807) is 12.1 Å². The van der Waals surface area contributed by atoms with Crippen LogP contribution in [0.4, 0.5) is 15.8 Å². The van der Waals surface area contributed by atoms with Gasteiger partial charge in [0.2, 0.25) is 0 Å². The number of ether oxygens (including phenoxy) is 1. The number of halogens is 1. The molecule has 1 aromatic heterocycles. The van der Waals surface area contributed by atoms with Gasteiger partial charge < -0.3 is 14.5 Å². The summed E-state index contributed by atoms with van der Waals surface area (Å²) in [5.74, 6) is -0.173. The van der Waals surface area contributed by atoms with Gasteiger partial charge in [0.05, 0.1) is 24.7 Å². The summed E-state index contributed by atoms with van der Waals surface area (Å²) in [6.07, 6.45) is 3.09. The second-order valence-corrected chi connectivity index (χ2v) is 9.88. The molecule has 2 aromatic rings. The van der Waals surface area contributed by atoms with Crippen molar-refractivity contribution >= 4 is 11.4 Å². The number of hydrogen-bond donors (Lipinski definition) is 0. The van der Waals surface area contributed by atoms with Gasteiger partial charge >= 0.3 is 0 Å². The van der Waals surface area contributed by atoms with Gasteiger partial charge in [0, 0.05) is 49.1 Å². The first kappa shape index (κ1) is 23.0. The molecule has 0 N–H and O–H groups in total. The summed E-state index contributed by atoms with van der Waals surface area (Å²) >= 11 is 0. The van der Waals surface area contributed by atoms with Crippen molar-refractivity contribution in [2.24, 2.45) is 5.41 Å². The number of hydrogen-bond acceptors (Lipinski definition) is 5. The van der Waals surface area contributed by atoms with Gasteiger partial charge in [0.25, 0.3) is 0 Å². The molecule has 2 aliphatic rings. The van der Waals surface area contributed by atoms with Crippen molar-refractivity contribution in [1.29, 1.82) is 0 Å². The minimum absolute atomic E-state index is 0.0286. The van der Waals surface area contributed by atoms with Crippen LogP contribution in [0.2, 0.25) is 0 Å². The van der Waals surface area contributed by atoms with Crippen LogP contribution in [0.1, 0.15) is 45.4 Å². The fourth-order valence-corrected chi connectivity index (χ4v) is 5.22.